The Hall–Kier alpha value is 0.270. The molecule has 0 aromatic rings. The summed E-state index contributed by atoms with van der Waals surface area (Å²) in [5.74, 6) is 1.87. The lowest BCUT2D eigenvalue weighted by atomic mass is 10.0. The maximum absolute atomic E-state index is 4.32. The van der Waals surface area contributed by atoms with Gasteiger partial charge in [0.2, 0.25) is 0 Å². The van der Waals surface area contributed by atoms with Crippen LogP contribution in [0.4, 0.5) is 0 Å². The third-order valence-corrected chi connectivity index (χ3v) is 5.05. The first-order chi connectivity index (χ1) is 8.20. The molecule has 2 nitrogen and oxygen atoms in total. The number of thiol groups is 1. The normalized spacial score (nSPS) is 32.6. The summed E-state index contributed by atoms with van der Waals surface area (Å²) in [5, 5.41) is 0. The summed E-state index contributed by atoms with van der Waals surface area (Å²) in [7, 11) is 2.33. The van der Waals surface area contributed by atoms with Crippen molar-refractivity contribution in [1.82, 2.24) is 9.80 Å². The van der Waals surface area contributed by atoms with Crippen LogP contribution in [-0.2, 0) is 0 Å². The molecular formula is C14H28N2S. The van der Waals surface area contributed by atoms with E-state index in [9.17, 15) is 0 Å². The monoisotopic (exact) mass is 256 g/mol. The van der Waals surface area contributed by atoms with Crippen LogP contribution >= 0.6 is 12.6 Å². The number of likely N-dealkylation sites (tertiary alicyclic amines) is 1. The summed E-state index contributed by atoms with van der Waals surface area (Å²) in [6.07, 6.45) is 6.85. The zero-order valence-corrected chi connectivity index (χ0v) is 12.3. The molecule has 0 radical (unpaired) electrons. The van der Waals surface area contributed by atoms with Gasteiger partial charge in [0.25, 0.3) is 0 Å². The molecule has 17 heavy (non-hydrogen) atoms. The van der Waals surface area contributed by atoms with Crippen LogP contribution in [0, 0.1) is 5.92 Å². The van der Waals surface area contributed by atoms with Crippen molar-refractivity contribution in [2.45, 2.75) is 51.1 Å². The molecule has 2 fully saturated rings. The molecule has 0 amide bonds. The topological polar surface area (TPSA) is 6.48 Å². The van der Waals surface area contributed by atoms with Crippen LogP contribution in [0.5, 0.6) is 0 Å². The molecular weight excluding hydrogens is 228 g/mol. The quantitative estimate of drug-likeness (QED) is 0.755. The third kappa shape index (κ3) is 3.62. The minimum atomic E-state index is 0.836. The fraction of sp³-hybridized carbons (Fsp3) is 1.00. The van der Waals surface area contributed by atoms with Gasteiger partial charge >= 0.3 is 0 Å². The van der Waals surface area contributed by atoms with Gasteiger partial charge in [-0.1, -0.05) is 6.92 Å². The summed E-state index contributed by atoms with van der Waals surface area (Å²) in [4.78, 5) is 5.34. The van der Waals surface area contributed by atoms with Gasteiger partial charge in [-0.3, -0.25) is 4.90 Å². The molecule has 0 aromatic heterocycles. The second kappa shape index (κ2) is 6.44. The Morgan fingerprint density at radius 2 is 1.94 bits per heavy atom. The highest BCUT2D eigenvalue weighted by atomic mass is 32.1. The van der Waals surface area contributed by atoms with Gasteiger partial charge in [-0.2, -0.15) is 12.6 Å². The first-order valence-electron chi connectivity index (χ1n) is 7.26. The molecule has 3 unspecified atom stereocenters. The second-order valence-corrected chi connectivity index (χ2v) is 6.49. The number of fused-ring (bicyclic) bond motifs is 2. The Morgan fingerprint density at radius 1 is 1.18 bits per heavy atom. The Kier molecular flexibility index (Phi) is 5.19. The highest BCUT2D eigenvalue weighted by Gasteiger charge is 2.34. The standard InChI is InChI=1S/C14H28N2S/c1-12(7-10-17)5-8-16-9-6-13-3-4-14(11-16)15(13)2/h12-14,17H,3-11H2,1-2H3. The van der Waals surface area contributed by atoms with Gasteiger partial charge in [-0.15, -0.1) is 0 Å². The first kappa shape index (κ1) is 13.7. The van der Waals surface area contributed by atoms with Gasteiger partial charge in [-0.05, 0) is 63.9 Å². The molecule has 2 rings (SSSR count). The predicted molar refractivity (Wildman–Crippen MR) is 77.9 cm³/mol. The second-order valence-electron chi connectivity index (χ2n) is 6.05. The van der Waals surface area contributed by atoms with Crippen LogP contribution in [-0.4, -0.2) is 54.3 Å². The maximum atomic E-state index is 4.32. The molecule has 3 heteroatoms. The highest BCUT2D eigenvalue weighted by molar-refractivity contribution is 7.80. The molecule has 2 aliphatic heterocycles. The van der Waals surface area contributed by atoms with Crippen molar-refractivity contribution < 1.29 is 0 Å². The Bertz CT molecular complexity index is 234. The molecule has 2 saturated heterocycles. The number of likely N-dealkylation sites (N-methyl/N-ethyl adjacent to an activating group) is 1. The van der Waals surface area contributed by atoms with Crippen molar-refractivity contribution in [2.24, 2.45) is 5.92 Å². The van der Waals surface area contributed by atoms with Crippen LogP contribution in [0.3, 0.4) is 0 Å². The lowest BCUT2D eigenvalue weighted by molar-refractivity contribution is 0.211. The van der Waals surface area contributed by atoms with E-state index in [1.807, 2.05) is 0 Å². The van der Waals surface area contributed by atoms with Gasteiger partial charge in [0.15, 0.2) is 0 Å². The van der Waals surface area contributed by atoms with Crippen LogP contribution in [0.2, 0.25) is 0 Å². The van der Waals surface area contributed by atoms with Crippen LogP contribution in [0.1, 0.15) is 39.0 Å². The molecule has 100 valence electrons. The summed E-state index contributed by atoms with van der Waals surface area (Å²) in [5.41, 5.74) is 0. The smallest absolute Gasteiger partial charge is 0.0223 e. The van der Waals surface area contributed by atoms with E-state index in [-0.39, 0.29) is 0 Å². The van der Waals surface area contributed by atoms with Crippen molar-refractivity contribution >= 4 is 12.6 Å². The average molecular weight is 256 g/mol. The minimum absolute atomic E-state index is 0.836. The van der Waals surface area contributed by atoms with E-state index < -0.39 is 0 Å². The van der Waals surface area contributed by atoms with E-state index in [4.69, 9.17) is 0 Å². The molecule has 0 spiro atoms. The zero-order chi connectivity index (χ0) is 12.3. The van der Waals surface area contributed by atoms with Gasteiger partial charge in [0.05, 0.1) is 0 Å². The Morgan fingerprint density at radius 3 is 2.71 bits per heavy atom. The van der Waals surface area contributed by atoms with E-state index in [1.165, 1.54) is 51.7 Å². The highest BCUT2D eigenvalue weighted by Crippen LogP contribution is 2.28. The number of hydrogen-bond donors (Lipinski definition) is 1. The van der Waals surface area contributed by atoms with E-state index >= 15 is 0 Å². The lowest BCUT2D eigenvalue weighted by Crippen LogP contribution is -2.37. The molecule has 0 N–H and O–H groups in total. The van der Waals surface area contributed by atoms with E-state index in [1.54, 1.807) is 0 Å². The van der Waals surface area contributed by atoms with E-state index in [2.05, 4.69) is 36.4 Å². The maximum Gasteiger partial charge on any atom is 0.0223 e. The fourth-order valence-corrected chi connectivity index (χ4v) is 3.79. The molecule has 0 aromatic carbocycles. The Balaban J connectivity index is 1.75. The predicted octanol–water partition coefficient (Wildman–Crippen LogP) is 2.50. The lowest BCUT2D eigenvalue weighted by Gasteiger charge is -2.26. The molecule has 0 saturated carbocycles. The summed E-state index contributed by atoms with van der Waals surface area (Å²) < 4.78 is 0. The van der Waals surface area contributed by atoms with Crippen LogP contribution in [0.25, 0.3) is 0 Å². The van der Waals surface area contributed by atoms with Crippen molar-refractivity contribution in [3.8, 4) is 0 Å². The SMILES string of the molecule is CC(CCS)CCN1CCC2CCC(C1)N2C. The van der Waals surface area contributed by atoms with Crippen molar-refractivity contribution in [2.75, 3.05) is 32.4 Å². The molecule has 2 bridgehead atoms. The van der Waals surface area contributed by atoms with Crippen molar-refractivity contribution in [3.63, 3.8) is 0 Å². The summed E-state index contributed by atoms with van der Waals surface area (Å²) in [6, 6.07) is 1.71. The molecule has 2 aliphatic rings. The number of hydrogen-bond acceptors (Lipinski definition) is 3. The van der Waals surface area contributed by atoms with Crippen LogP contribution in [0.15, 0.2) is 0 Å². The van der Waals surface area contributed by atoms with E-state index in [0.717, 1.165) is 23.8 Å². The minimum Gasteiger partial charge on any atom is -0.302 e. The van der Waals surface area contributed by atoms with Crippen molar-refractivity contribution in [3.05, 3.63) is 0 Å². The Labute approximate surface area is 112 Å². The van der Waals surface area contributed by atoms with Gasteiger partial charge < -0.3 is 4.90 Å². The average Bonchev–Trinajstić information content (AvgIpc) is 2.53. The summed E-state index contributed by atoms with van der Waals surface area (Å²) in [6.45, 7) is 6.29. The van der Waals surface area contributed by atoms with Crippen LogP contribution < -0.4 is 0 Å². The van der Waals surface area contributed by atoms with E-state index in [0.29, 0.717) is 0 Å². The molecule has 2 heterocycles. The number of nitrogens with zero attached hydrogens (tertiary/aromatic N) is 2. The molecule has 3 atom stereocenters. The first-order valence-corrected chi connectivity index (χ1v) is 7.89. The van der Waals surface area contributed by atoms with Gasteiger partial charge in [-0.25, -0.2) is 0 Å². The molecule has 0 aliphatic carbocycles. The third-order valence-electron chi connectivity index (χ3n) is 4.79. The van der Waals surface area contributed by atoms with Crippen molar-refractivity contribution in [1.29, 1.82) is 0 Å². The largest absolute Gasteiger partial charge is 0.302 e. The fourth-order valence-electron chi connectivity index (χ4n) is 3.35. The summed E-state index contributed by atoms with van der Waals surface area (Å²) >= 11 is 4.32. The zero-order valence-electron chi connectivity index (χ0n) is 11.4. The van der Waals surface area contributed by atoms with Gasteiger partial charge in [0.1, 0.15) is 0 Å². The number of rotatable bonds is 5. The van der Waals surface area contributed by atoms with Gasteiger partial charge in [0, 0.05) is 18.6 Å².